The van der Waals surface area contributed by atoms with Crippen LogP contribution in [0.5, 0.6) is 5.75 Å². The lowest BCUT2D eigenvalue weighted by Gasteiger charge is -2.06. The van der Waals surface area contributed by atoms with Crippen molar-refractivity contribution in [3.05, 3.63) is 51.2 Å². The Morgan fingerprint density at radius 1 is 1.20 bits per heavy atom. The molecule has 0 aliphatic heterocycles. The van der Waals surface area contributed by atoms with E-state index in [0.29, 0.717) is 6.61 Å². The number of rotatable bonds is 3. The quantitative estimate of drug-likeness (QED) is 0.775. The highest BCUT2D eigenvalue weighted by Gasteiger charge is 2.01. The van der Waals surface area contributed by atoms with Crippen molar-refractivity contribution >= 4 is 22.9 Å². The van der Waals surface area contributed by atoms with Crippen molar-refractivity contribution in [1.82, 2.24) is 0 Å². The van der Waals surface area contributed by atoms with Gasteiger partial charge in [0.15, 0.2) is 0 Å². The highest BCUT2D eigenvalue weighted by atomic mass is 35.5. The average Bonchev–Trinajstić information content (AvgIpc) is 2.63. The predicted molar refractivity (Wildman–Crippen MR) is 64.8 cm³/mol. The van der Waals surface area contributed by atoms with Gasteiger partial charge in [0, 0.05) is 4.88 Å². The van der Waals surface area contributed by atoms with E-state index in [0.717, 1.165) is 20.5 Å². The van der Waals surface area contributed by atoms with Gasteiger partial charge in [-0.25, -0.2) is 0 Å². The van der Waals surface area contributed by atoms with Gasteiger partial charge < -0.3 is 4.74 Å². The number of ether oxygens (including phenoxy) is 1. The summed E-state index contributed by atoms with van der Waals surface area (Å²) in [4.78, 5) is 1.14. The second kappa shape index (κ2) is 4.69. The molecule has 0 saturated carbocycles. The summed E-state index contributed by atoms with van der Waals surface area (Å²) in [5.41, 5.74) is 1.15. The smallest absolute Gasteiger partial charge is 0.123 e. The van der Waals surface area contributed by atoms with Gasteiger partial charge in [-0.3, -0.25) is 0 Å². The van der Waals surface area contributed by atoms with E-state index in [9.17, 15) is 0 Å². The first-order chi connectivity index (χ1) is 7.25. The number of hydrogen-bond donors (Lipinski definition) is 0. The van der Waals surface area contributed by atoms with Crippen LogP contribution in [0.1, 0.15) is 10.4 Å². The van der Waals surface area contributed by atoms with Gasteiger partial charge in [0.05, 0.1) is 4.34 Å². The van der Waals surface area contributed by atoms with Crippen LogP contribution in [-0.2, 0) is 6.61 Å². The molecule has 15 heavy (non-hydrogen) atoms. The van der Waals surface area contributed by atoms with E-state index in [1.165, 1.54) is 0 Å². The Labute approximate surface area is 98.3 Å². The maximum Gasteiger partial charge on any atom is 0.123 e. The summed E-state index contributed by atoms with van der Waals surface area (Å²) in [5, 5.41) is 0. The molecule has 0 N–H and O–H groups in total. The molecule has 1 nitrogen and oxygen atoms in total. The molecule has 0 atom stereocenters. The highest BCUT2D eigenvalue weighted by molar-refractivity contribution is 7.16. The molecule has 0 radical (unpaired) electrons. The summed E-state index contributed by atoms with van der Waals surface area (Å²) < 4.78 is 6.49. The van der Waals surface area contributed by atoms with Crippen molar-refractivity contribution in [2.24, 2.45) is 0 Å². The maximum absolute atomic E-state index is 5.84. The second-order valence-corrected chi connectivity index (χ2v) is 5.06. The molecule has 0 amide bonds. The third-order valence-corrected chi connectivity index (χ3v) is 3.30. The zero-order valence-corrected chi connectivity index (χ0v) is 9.94. The first-order valence-electron chi connectivity index (χ1n) is 4.68. The summed E-state index contributed by atoms with van der Waals surface area (Å²) in [6.45, 7) is 2.62. The maximum atomic E-state index is 5.84. The lowest BCUT2D eigenvalue weighted by atomic mass is 10.2. The number of thiophene rings is 1. The van der Waals surface area contributed by atoms with E-state index < -0.39 is 0 Å². The molecule has 1 aromatic heterocycles. The number of aryl methyl sites for hydroxylation is 1. The van der Waals surface area contributed by atoms with Crippen LogP contribution in [0.15, 0.2) is 36.4 Å². The van der Waals surface area contributed by atoms with Crippen LogP contribution in [0, 0.1) is 6.92 Å². The van der Waals surface area contributed by atoms with Gasteiger partial charge in [-0.05, 0) is 30.7 Å². The van der Waals surface area contributed by atoms with Gasteiger partial charge in [0.1, 0.15) is 12.4 Å². The van der Waals surface area contributed by atoms with Crippen LogP contribution in [0.4, 0.5) is 0 Å². The third-order valence-electron chi connectivity index (χ3n) is 2.09. The summed E-state index contributed by atoms with van der Waals surface area (Å²) in [6, 6.07) is 11.9. The van der Waals surface area contributed by atoms with Crippen LogP contribution >= 0.6 is 22.9 Å². The molecule has 0 fully saturated rings. The molecule has 3 heteroatoms. The van der Waals surface area contributed by atoms with Crippen molar-refractivity contribution < 1.29 is 4.74 Å². The highest BCUT2D eigenvalue weighted by Crippen LogP contribution is 2.24. The first kappa shape index (κ1) is 10.5. The van der Waals surface area contributed by atoms with E-state index in [1.807, 2.05) is 43.3 Å². The van der Waals surface area contributed by atoms with E-state index in [2.05, 4.69) is 0 Å². The third kappa shape index (κ3) is 2.74. The average molecular weight is 239 g/mol. The predicted octanol–water partition coefficient (Wildman–Crippen LogP) is 4.29. The Hall–Kier alpha value is -0.990. The molecular formula is C12H11ClOS. The molecule has 1 aromatic carbocycles. The van der Waals surface area contributed by atoms with Crippen molar-refractivity contribution in [1.29, 1.82) is 0 Å². The van der Waals surface area contributed by atoms with Crippen LogP contribution in [0.25, 0.3) is 0 Å². The fraction of sp³-hybridized carbons (Fsp3) is 0.167. The van der Waals surface area contributed by atoms with Crippen molar-refractivity contribution in [2.75, 3.05) is 0 Å². The molecule has 0 aliphatic carbocycles. The molecule has 0 saturated heterocycles. The SMILES string of the molecule is Cc1ccccc1OCc1ccc(Cl)s1. The number of halogens is 1. The molecule has 0 unspecified atom stereocenters. The minimum absolute atomic E-state index is 0.586. The van der Waals surface area contributed by atoms with Crippen LogP contribution in [0.3, 0.4) is 0 Å². The van der Waals surface area contributed by atoms with Gasteiger partial charge in [0.25, 0.3) is 0 Å². The molecular weight excluding hydrogens is 228 g/mol. The fourth-order valence-corrected chi connectivity index (χ4v) is 2.30. The Morgan fingerprint density at radius 3 is 2.67 bits per heavy atom. The number of benzene rings is 1. The Balaban J connectivity index is 2.02. The van der Waals surface area contributed by atoms with Gasteiger partial charge in [-0.15, -0.1) is 11.3 Å². The monoisotopic (exact) mass is 238 g/mol. The lowest BCUT2D eigenvalue weighted by Crippen LogP contribution is -1.94. The van der Waals surface area contributed by atoms with Gasteiger partial charge >= 0.3 is 0 Å². The topological polar surface area (TPSA) is 9.23 Å². The molecule has 2 aromatic rings. The summed E-state index contributed by atoms with van der Waals surface area (Å²) >= 11 is 7.39. The summed E-state index contributed by atoms with van der Waals surface area (Å²) in [7, 11) is 0. The van der Waals surface area contributed by atoms with Crippen LogP contribution in [-0.4, -0.2) is 0 Å². The van der Waals surface area contributed by atoms with Gasteiger partial charge in [-0.1, -0.05) is 29.8 Å². The van der Waals surface area contributed by atoms with Gasteiger partial charge in [0.2, 0.25) is 0 Å². The van der Waals surface area contributed by atoms with Crippen molar-refractivity contribution in [2.45, 2.75) is 13.5 Å². The van der Waals surface area contributed by atoms with E-state index in [4.69, 9.17) is 16.3 Å². The summed E-state index contributed by atoms with van der Waals surface area (Å²) in [6.07, 6.45) is 0. The molecule has 0 bridgehead atoms. The van der Waals surface area contributed by atoms with E-state index >= 15 is 0 Å². The van der Waals surface area contributed by atoms with E-state index in [1.54, 1.807) is 11.3 Å². The van der Waals surface area contributed by atoms with E-state index in [-0.39, 0.29) is 0 Å². The molecule has 0 spiro atoms. The lowest BCUT2D eigenvalue weighted by molar-refractivity contribution is 0.307. The normalized spacial score (nSPS) is 10.3. The largest absolute Gasteiger partial charge is 0.488 e. The first-order valence-corrected chi connectivity index (χ1v) is 5.88. The zero-order valence-electron chi connectivity index (χ0n) is 8.37. The Morgan fingerprint density at radius 2 is 2.00 bits per heavy atom. The zero-order chi connectivity index (χ0) is 10.7. The fourth-order valence-electron chi connectivity index (χ4n) is 1.30. The minimum Gasteiger partial charge on any atom is -0.488 e. The van der Waals surface area contributed by atoms with Gasteiger partial charge in [-0.2, -0.15) is 0 Å². The Bertz CT molecular complexity index is 450. The van der Waals surface area contributed by atoms with Crippen LogP contribution in [0.2, 0.25) is 4.34 Å². The van der Waals surface area contributed by atoms with Crippen molar-refractivity contribution in [3.8, 4) is 5.75 Å². The number of hydrogen-bond acceptors (Lipinski definition) is 2. The molecule has 78 valence electrons. The molecule has 1 heterocycles. The minimum atomic E-state index is 0.586. The van der Waals surface area contributed by atoms with Crippen molar-refractivity contribution in [3.63, 3.8) is 0 Å². The standard InChI is InChI=1S/C12H11ClOS/c1-9-4-2-3-5-11(9)14-8-10-6-7-12(13)15-10/h2-7H,8H2,1H3. The molecule has 2 rings (SSSR count). The molecule has 0 aliphatic rings. The Kier molecular flexibility index (Phi) is 3.29. The second-order valence-electron chi connectivity index (χ2n) is 3.26. The number of para-hydroxylation sites is 1. The summed E-state index contributed by atoms with van der Waals surface area (Å²) in [5.74, 6) is 0.932. The van der Waals surface area contributed by atoms with Crippen LogP contribution < -0.4 is 4.74 Å².